The van der Waals surface area contributed by atoms with Crippen molar-refractivity contribution in [1.29, 1.82) is 0 Å². The van der Waals surface area contributed by atoms with Gasteiger partial charge >= 0.3 is 0 Å². The van der Waals surface area contributed by atoms with Crippen LogP contribution in [0.2, 0.25) is 0 Å². The SMILES string of the molecule is Cc1c[c-]c(-c2cc(C(C)C)ccn2)cc1.[2H]c1c(C2([2H])CCCC2)cnc(-c2[c-]ccc3c2sc2cc(C)ncc23)c1[2H].[Ir]. The molecule has 215 valence electrons. The molecule has 0 spiro atoms. The van der Waals surface area contributed by atoms with E-state index in [2.05, 4.69) is 78.2 Å². The Kier molecular flexibility index (Phi) is 8.41. The van der Waals surface area contributed by atoms with Gasteiger partial charge in [0.1, 0.15) is 0 Å². The van der Waals surface area contributed by atoms with Gasteiger partial charge in [0, 0.05) is 50.5 Å². The van der Waals surface area contributed by atoms with Crippen LogP contribution in [0, 0.1) is 26.0 Å². The minimum absolute atomic E-state index is 0. The number of nitrogens with zero attached hydrogens (tertiary/aromatic N) is 3. The number of aromatic nitrogens is 3. The summed E-state index contributed by atoms with van der Waals surface area (Å²) in [4.78, 5) is 13.4. The monoisotopic (exact) mass is 749 g/mol. The molecule has 0 saturated heterocycles. The van der Waals surface area contributed by atoms with E-state index >= 15 is 0 Å². The zero-order valence-corrected chi connectivity index (χ0v) is 27.6. The Morgan fingerprint density at radius 3 is 2.52 bits per heavy atom. The van der Waals surface area contributed by atoms with Crippen LogP contribution >= 0.6 is 11.3 Å². The first-order chi connectivity index (χ1) is 21.1. The molecule has 0 aliphatic heterocycles. The van der Waals surface area contributed by atoms with Gasteiger partial charge in [-0.05, 0) is 70.7 Å². The Hall–Kier alpha value is -3.24. The van der Waals surface area contributed by atoms with Gasteiger partial charge in [0.2, 0.25) is 0 Å². The summed E-state index contributed by atoms with van der Waals surface area (Å²) in [5.41, 5.74) is 7.40. The number of pyridine rings is 3. The van der Waals surface area contributed by atoms with Crippen LogP contribution in [0.15, 0.2) is 79.2 Å². The molecule has 0 atom stereocenters. The molecule has 3 nitrogen and oxygen atoms in total. The number of benzene rings is 2. The molecule has 6 aromatic rings. The molecule has 0 amide bonds. The average Bonchev–Trinajstić information content (AvgIpc) is 3.63. The van der Waals surface area contributed by atoms with Gasteiger partial charge in [-0.3, -0.25) is 4.98 Å². The summed E-state index contributed by atoms with van der Waals surface area (Å²) in [6.45, 7) is 8.43. The van der Waals surface area contributed by atoms with Crippen molar-refractivity contribution in [3.63, 3.8) is 0 Å². The van der Waals surface area contributed by atoms with Crippen LogP contribution in [-0.4, -0.2) is 15.0 Å². The number of hydrogen-bond donors (Lipinski definition) is 0. The van der Waals surface area contributed by atoms with Crippen molar-refractivity contribution in [3.05, 3.63) is 114 Å². The summed E-state index contributed by atoms with van der Waals surface area (Å²) in [5, 5.41) is 2.16. The van der Waals surface area contributed by atoms with Gasteiger partial charge in [-0.15, -0.1) is 59.2 Å². The molecule has 7 rings (SSSR count). The Labute approximate surface area is 271 Å². The molecule has 1 radical (unpaired) electrons. The van der Waals surface area contributed by atoms with Gasteiger partial charge in [-0.2, -0.15) is 11.3 Å². The third kappa shape index (κ3) is 6.54. The van der Waals surface area contributed by atoms with E-state index in [1.807, 2.05) is 37.5 Å². The van der Waals surface area contributed by atoms with Crippen LogP contribution in [0.3, 0.4) is 0 Å². The Morgan fingerprint density at radius 1 is 0.929 bits per heavy atom. The topological polar surface area (TPSA) is 38.7 Å². The van der Waals surface area contributed by atoms with E-state index in [0.29, 0.717) is 17.2 Å². The van der Waals surface area contributed by atoms with E-state index < -0.39 is 5.89 Å². The molecule has 0 bridgehead atoms. The molecule has 4 heterocycles. The van der Waals surface area contributed by atoms with Gasteiger partial charge in [-0.25, -0.2) is 0 Å². The van der Waals surface area contributed by atoms with Gasteiger partial charge in [0.15, 0.2) is 0 Å². The summed E-state index contributed by atoms with van der Waals surface area (Å²) in [6.07, 6.45) is 8.90. The summed E-state index contributed by atoms with van der Waals surface area (Å²) in [7, 11) is 0. The van der Waals surface area contributed by atoms with Crippen LogP contribution in [-0.2, 0) is 20.1 Å². The summed E-state index contributed by atoms with van der Waals surface area (Å²) >= 11 is 1.65. The normalized spacial score (nSPS) is 15.0. The Morgan fingerprint density at radius 2 is 1.76 bits per heavy atom. The second kappa shape index (κ2) is 13.4. The predicted molar refractivity (Wildman–Crippen MR) is 172 cm³/mol. The van der Waals surface area contributed by atoms with Gasteiger partial charge in [0.25, 0.3) is 0 Å². The van der Waals surface area contributed by atoms with E-state index in [0.717, 1.165) is 68.4 Å². The van der Waals surface area contributed by atoms with E-state index in [1.54, 1.807) is 17.5 Å². The van der Waals surface area contributed by atoms with Gasteiger partial charge < -0.3 is 9.97 Å². The summed E-state index contributed by atoms with van der Waals surface area (Å²) < 4.78 is 28.0. The van der Waals surface area contributed by atoms with E-state index in [4.69, 9.17) is 4.11 Å². The third-order valence-corrected chi connectivity index (χ3v) is 8.80. The minimum atomic E-state index is -0.769. The van der Waals surface area contributed by atoms with Crippen molar-refractivity contribution in [2.45, 2.75) is 65.2 Å². The molecule has 1 aliphatic carbocycles. The second-order valence-electron chi connectivity index (χ2n) is 11.0. The molecule has 1 fully saturated rings. The van der Waals surface area contributed by atoms with Crippen LogP contribution in [0.5, 0.6) is 0 Å². The average molecular weight is 749 g/mol. The summed E-state index contributed by atoms with van der Waals surface area (Å²) in [6, 6.07) is 23.0. The molecule has 5 heteroatoms. The first kappa shape index (κ1) is 26.4. The first-order valence-corrected chi connectivity index (χ1v) is 15.1. The van der Waals surface area contributed by atoms with Crippen molar-refractivity contribution in [2.24, 2.45) is 0 Å². The number of fused-ring (bicyclic) bond motifs is 3. The fraction of sp³-hybridized carbons (Fsp3) is 0.270. The number of rotatable bonds is 4. The minimum Gasteiger partial charge on any atom is -0.305 e. The maximum absolute atomic E-state index is 8.70. The molecule has 0 unspecified atom stereocenters. The van der Waals surface area contributed by atoms with Crippen molar-refractivity contribution in [1.82, 2.24) is 15.0 Å². The van der Waals surface area contributed by atoms with Crippen molar-refractivity contribution in [3.8, 4) is 22.5 Å². The maximum atomic E-state index is 8.70. The van der Waals surface area contributed by atoms with E-state index in [-0.39, 0.29) is 32.2 Å². The molecular weight excluding hydrogens is 711 g/mol. The van der Waals surface area contributed by atoms with E-state index in [9.17, 15) is 0 Å². The number of thiophene rings is 1. The molecule has 1 aliphatic rings. The molecular formula is C37H35IrN3S-2. The van der Waals surface area contributed by atoms with Gasteiger partial charge in [0.05, 0.1) is 2.74 Å². The largest absolute Gasteiger partial charge is 0.305 e. The molecule has 2 aromatic carbocycles. The van der Waals surface area contributed by atoms with Gasteiger partial charge in [-0.1, -0.05) is 62.7 Å². The standard InChI is InChI=1S/C22H19N2S.C15H16N.Ir/c1-14-11-21-19(13-23-14)17-7-4-8-18(22(17)25-21)20-10-9-16(12-24-20)15-5-2-3-6-15;1-11(2)14-8-9-16-15(10-14)13-6-4-12(3)5-7-13;/h4,7,9-13,15H,2-3,5-6H2,1H3;4-6,8-11H,1-3H3;/q2*-1;/i9D,10D,15D;;. The van der Waals surface area contributed by atoms with Crippen molar-refractivity contribution in [2.75, 3.05) is 0 Å². The van der Waals surface area contributed by atoms with Crippen LogP contribution in [0.25, 0.3) is 42.7 Å². The zero-order valence-electron chi connectivity index (χ0n) is 27.3. The first-order valence-electron chi connectivity index (χ1n) is 15.8. The molecule has 1 saturated carbocycles. The summed E-state index contributed by atoms with van der Waals surface area (Å²) in [5.74, 6) is -0.234. The van der Waals surface area contributed by atoms with Crippen LogP contribution < -0.4 is 0 Å². The third-order valence-electron chi connectivity index (χ3n) is 7.61. The Balaban J connectivity index is 0.000000202. The van der Waals surface area contributed by atoms with Crippen molar-refractivity contribution >= 4 is 31.5 Å². The molecule has 0 N–H and O–H groups in total. The number of aryl methyl sites for hydroxylation is 2. The maximum Gasteiger partial charge on any atom is 0.0619 e. The fourth-order valence-corrected chi connectivity index (χ4v) is 6.49. The fourth-order valence-electron chi connectivity index (χ4n) is 5.22. The second-order valence-corrected chi connectivity index (χ2v) is 12.1. The predicted octanol–water partition coefficient (Wildman–Crippen LogP) is 10.3. The van der Waals surface area contributed by atoms with Crippen molar-refractivity contribution < 1.29 is 24.2 Å². The van der Waals surface area contributed by atoms with Crippen LogP contribution in [0.1, 0.15) is 77.8 Å². The number of hydrogen-bond acceptors (Lipinski definition) is 4. The molecule has 4 aromatic heterocycles. The molecule has 42 heavy (non-hydrogen) atoms. The zero-order chi connectivity index (χ0) is 31.0. The smallest absolute Gasteiger partial charge is 0.0619 e. The van der Waals surface area contributed by atoms with E-state index in [1.165, 1.54) is 11.1 Å². The van der Waals surface area contributed by atoms with Crippen LogP contribution in [0.4, 0.5) is 0 Å². The Bertz CT molecular complexity index is 1960. The quantitative estimate of drug-likeness (QED) is 0.169.